The summed E-state index contributed by atoms with van der Waals surface area (Å²) in [6.07, 6.45) is 0. The lowest BCUT2D eigenvalue weighted by molar-refractivity contribution is -0.133. The molecule has 1 aromatic rings. The third kappa shape index (κ3) is 3.89. The Morgan fingerprint density at radius 3 is 2.77 bits per heavy atom. The maximum absolute atomic E-state index is 11.1. The second kappa shape index (κ2) is 4.74. The molecule has 1 aromatic heterocycles. The van der Waals surface area contributed by atoms with E-state index in [0.29, 0.717) is 4.34 Å². The highest BCUT2D eigenvalue weighted by Gasteiger charge is 2.08. The third-order valence-electron chi connectivity index (χ3n) is 1.22. The van der Waals surface area contributed by atoms with Crippen molar-refractivity contribution >= 4 is 39.7 Å². The van der Waals surface area contributed by atoms with Gasteiger partial charge in [-0.25, -0.2) is 0 Å². The first-order chi connectivity index (χ1) is 6.08. The van der Waals surface area contributed by atoms with E-state index in [1.807, 2.05) is 0 Å². The van der Waals surface area contributed by atoms with Crippen molar-refractivity contribution in [2.45, 2.75) is 5.75 Å². The van der Waals surface area contributed by atoms with Gasteiger partial charge in [-0.05, 0) is 12.1 Å². The van der Waals surface area contributed by atoms with E-state index in [4.69, 9.17) is 16.7 Å². The molecule has 1 rings (SSSR count). The number of rotatable bonds is 4. The predicted molar refractivity (Wildman–Crippen MR) is 53.7 cm³/mol. The van der Waals surface area contributed by atoms with Gasteiger partial charge in [0.15, 0.2) is 0 Å². The molecule has 0 aliphatic carbocycles. The molecule has 0 aromatic carbocycles. The van der Waals surface area contributed by atoms with Gasteiger partial charge < -0.3 is 5.11 Å². The molecule has 6 heteroatoms. The maximum Gasteiger partial charge on any atom is 0.316 e. The first-order valence-corrected chi connectivity index (χ1v) is 6.07. The lowest BCUT2D eigenvalue weighted by atomic mass is 10.5. The zero-order valence-electron chi connectivity index (χ0n) is 6.53. The summed E-state index contributed by atoms with van der Waals surface area (Å²) in [5.74, 6) is -1.08. The number of hydrogen-bond donors (Lipinski definition) is 1. The molecule has 0 amide bonds. The Bertz CT molecular complexity index is 334. The minimum absolute atomic E-state index is 0.268. The topological polar surface area (TPSA) is 54.4 Å². The number of carboxylic acid groups (broad SMARTS) is 1. The zero-order valence-corrected chi connectivity index (χ0v) is 8.92. The van der Waals surface area contributed by atoms with E-state index in [1.165, 1.54) is 11.3 Å². The van der Waals surface area contributed by atoms with Gasteiger partial charge in [0.2, 0.25) is 0 Å². The molecular weight excluding hydrogens is 232 g/mol. The molecule has 1 unspecified atom stereocenters. The van der Waals surface area contributed by atoms with Crippen LogP contribution in [0.4, 0.5) is 0 Å². The highest BCUT2D eigenvalue weighted by Crippen LogP contribution is 2.22. The second-order valence-corrected chi connectivity index (χ2v) is 5.58. The van der Waals surface area contributed by atoms with Gasteiger partial charge in [-0.1, -0.05) is 11.6 Å². The summed E-state index contributed by atoms with van der Waals surface area (Å²) in [6, 6.07) is 3.46. The van der Waals surface area contributed by atoms with Gasteiger partial charge in [0.25, 0.3) is 0 Å². The van der Waals surface area contributed by atoms with Gasteiger partial charge in [0, 0.05) is 15.7 Å². The highest BCUT2D eigenvalue weighted by molar-refractivity contribution is 7.85. The molecule has 1 N–H and O–H groups in total. The van der Waals surface area contributed by atoms with Gasteiger partial charge >= 0.3 is 5.97 Å². The molecule has 72 valence electrons. The maximum atomic E-state index is 11.1. The summed E-state index contributed by atoms with van der Waals surface area (Å²) in [7, 11) is -1.34. The van der Waals surface area contributed by atoms with Crippen molar-refractivity contribution in [3.8, 4) is 0 Å². The Morgan fingerprint density at radius 2 is 2.31 bits per heavy atom. The van der Waals surface area contributed by atoms with E-state index in [9.17, 15) is 9.00 Å². The molecule has 1 heterocycles. The fourth-order valence-corrected chi connectivity index (χ4v) is 3.08. The predicted octanol–water partition coefficient (Wildman–Crippen LogP) is 1.73. The quantitative estimate of drug-likeness (QED) is 0.869. The van der Waals surface area contributed by atoms with Crippen molar-refractivity contribution < 1.29 is 14.1 Å². The Labute approximate surface area is 86.8 Å². The average Bonchev–Trinajstić information content (AvgIpc) is 2.33. The Balaban J connectivity index is 2.50. The molecule has 0 fully saturated rings. The van der Waals surface area contributed by atoms with E-state index in [0.717, 1.165) is 4.88 Å². The third-order valence-corrected chi connectivity index (χ3v) is 3.83. The summed E-state index contributed by atoms with van der Waals surface area (Å²) in [5, 5.41) is 8.35. The van der Waals surface area contributed by atoms with Crippen molar-refractivity contribution in [3.63, 3.8) is 0 Å². The Hall–Kier alpha value is -0.390. The van der Waals surface area contributed by atoms with Gasteiger partial charge in [-0.3, -0.25) is 9.00 Å². The first kappa shape index (κ1) is 10.7. The van der Waals surface area contributed by atoms with Crippen LogP contribution in [-0.2, 0) is 21.3 Å². The summed E-state index contributed by atoms with van der Waals surface area (Å²) in [4.78, 5) is 11.0. The number of thiophene rings is 1. The van der Waals surface area contributed by atoms with Crippen LogP contribution in [0.15, 0.2) is 12.1 Å². The van der Waals surface area contributed by atoms with Gasteiger partial charge in [0.05, 0.1) is 10.1 Å². The van der Waals surface area contributed by atoms with E-state index in [-0.39, 0.29) is 11.5 Å². The van der Waals surface area contributed by atoms with Crippen molar-refractivity contribution in [3.05, 3.63) is 21.3 Å². The van der Waals surface area contributed by atoms with Crippen LogP contribution in [0.25, 0.3) is 0 Å². The fourth-order valence-electron chi connectivity index (χ4n) is 0.777. The molecule has 13 heavy (non-hydrogen) atoms. The fraction of sp³-hybridized carbons (Fsp3) is 0.286. The number of halogens is 1. The number of carboxylic acids is 1. The molecule has 0 saturated carbocycles. The van der Waals surface area contributed by atoms with Crippen LogP contribution in [0, 0.1) is 0 Å². The smallest absolute Gasteiger partial charge is 0.316 e. The molecular formula is C7H7ClO3S2. The van der Waals surface area contributed by atoms with Crippen LogP contribution in [-0.4, -0.2) is 21.0 Å². The molecule has 0 bridgehead atoms. The molecule has 0 aliphatic rings. The number of aliphatic carboxylic acids is 1. The normalized spacial score (nSPS) is 12.7. The minimum atomic E-state index is -1.34. The van der Waals surface area contributed by atoms with Crippen LogP contribution in [0.5, 0.6) is 0 Å². The van der Waals surface area contributed by atoms with E-state index in [1.54, 1.807) is 12.1 Å². The molecule has 0 spiro atoms. The summed E-state index contributed by atoms with van der Waals surface area (Å²) in [6.45, 7) is 0. The van der Waals surface area contributed by atoms with Crippen molar-refractivity contribution in [2.24, 2.45) is 0 Å². The lowest BCUT2D eigenvalue weighted by Gasteiger charge is -1.94. The Kier molecular flexibility index (Phi) is 3.90. The van der Waals surface area contributed by atoms with Crippen LogP contribution >= 0.6 is 22.9 Å². The molecule has 3 nitrogen and oxygen atoms in total. The first-order valence-electron chi connectivity index (χ1n) is 3.39. The van der Waals surface area contributed by atoms with Crippen molar-refractivity contribution in [1.29, 1.82) is 0 Å². The Morgan fingerprint density at radius 1 is 1.62 bits per heavy atom. The summed E-state index contributed by atoms with van der Waals surface area (Å²) in [5.41, 5.74) is 0. The van der Waals surface area contributed by atoms with E-state index < -0.39 is 16.8 Å². The van der Waals surface area contributed by atoms with E-state index in [2.05, 4.69) is 0 Å². The van der Waals surface area contributed by atoms with Crippen LogP contribution in [0.3, 0.4) is 0 Å². The molecule has 0 radical (unpaired) electrons. The summed E-state index contributed by atoms with van der Waals surface area (Å²) >= 11 is 6.98. The lowest BCUT2D eigenvalue weighted by Crippen LogP contribution is -2.09. The monoisotopic (exact) mass is 238 g/mol. The average molecular weight is 239 g/mol. The minimum Gasteiger partial charge on any atom is -0.481 e. The molecule has 0 saturated heterocycles. The van der Waals surface area contributed by atoms with E-state index >= 15 is 0 Å². The van der Waals surface area contributed by atoms with Crippen LogP contribution in [0.2, 0.25) is 4.34 Å². The van der Waals surface area contributed by atoms with Crippen molar-refractivity contribution in [2.75, 3.05) is 5.75 Å². The largest absolute Gasteiger partial charge is 0.481 e. The molecule has 1 atom stereocenters. The SMILES string of the molecule is O=C(O)CS(=O)Cc1ccc(Cl)s1. The van der Waals surface area contributed by atoms with Crippen LogP contribution in [0.1, 0.15) is 4.88 Å². The summed E-state index contributed by atoms with van der Waals surface area (Å²) < 4.78 is 11.8. The number of carbonyl (C=O) groups is 1. The van der Waals surface area contributed by atoms with Crippen LogP contribution < -0.4 is 0 Å². The second-order valence-electron chi connectivity index (χ2n) is 2.33. The van der Waals surface area contributed by atoms with Gasteiger partial charge in [-0.2, -0.15) is 0 Å². The van der Waals surface area contributed by atoms with Crippen molar-refractivity contribution in [1.82, 2.24) is 0 Å². The van der Waals surface area contributed by atoms with Gasteiger partial charge in [0.1, 0.15) is 5.75 Å². The zero-order chi connectivity index (χ0) is 9.84. The molecule has 0 aliphatic heterocycles. The number of hydrogen-bond acceptors (Lipinski definition) is 3. The highest BCUT2D eigenvalue weighted by atomic mass is 35.5. The van der Waals surface area contributed by atoms with Gasteiger partial charge in [-0.15, -0.1) is 11.3 Å². The standard InChI is InChI=1S/C7H7ClO3S2/c8-6-2-1-5(12-6)3-13(11)4-7(9)10/h1-2H,3-4H2,(H,9,10).